The van der Waals surface area contributed by atoms with Gasteiger partial charge in [0.2, 0.25) is 5.91 Å². The van der Waals surface area contributed by atoms with E-state index in [1.54, 1.807) is 0 Å². The Morgan fingerprint density at radius 3 is 2.53 bits per heavy atom. The van der Waals surface area contributed by atoms with Crippen molar-refractivity contribution in [3.63, 3.8) is 0 Å². The summed E-state index contributed by atoms with van der Waals surface area (Å²) < 4.78 is 5.21. The number of rotatable bonds is 10. The molecule has 0 aromatic rings. The summed E-state index contributed by atoms with van der Waals surface area (Å²) in [6.07, 6.45) is 1.63. The van der Waals surface area contributed by atoms with Gasteiger partial charge in [-0.05, 0) is 19.8 Å². The molecule has 1 amide bonds. The minimum absolute atomic E-state index is 0.0608. The number of carboxylic acid groups (broad SMARTS) is 1. The summed E-state index contributed by atoms with van der Waals surface area (Å²) >= 11 is 0. The van der Waals surface area contributed by atoms with Crippen LogP contribution < -0.4 is 5.32 Å². The van der Waals surface area contributed by atoms with Gasteiger partial charge in [-0.3, -0.25) is 9.59 Å². The summed E-state index contributed by atoms with van der Waals surface area (Å²) in [6.45, 7) is 7.02. The van der Waals surface area contributed by atoms with Crippen LogP contribution in [0.25, 0.3) is 0 Å². The maximum absolute atomic E-state index is 11.3. The number of hydrogen-bond acceptors (Lipinski definition) is 3. The molecule has 5 nitrogen and oxygen atoms in total. The van der Waals surface area contributed by atoms with Gasteiger partial charge in [0, 0.05) is 19.4 Å². The van der Waals surface area contributed by atoms with Crippen molar-refractivity contribution in [1.29, 1.82) is 0 Å². The van der Waals surface area contributed by atoms with Crippen molar-refractivity contribution in [2.45, 2.75) is 32.6 Å². The lowest BCUT2D eigenvalue weighted by Gasteiger charge is -2.06. The molecule has 0 aliphatic heterocycles. The second-order valence-electron chi connectivity index (χ2n) is 3.96. The third-order valence-electron chi connectivity index (χ3n) is 1.96. The quantitative estimate of drug-likeness (QED) is 0.448. The van der Waals surface area contributed by atoms with Gasteiger partial charge in [0.05, 0.1) is 13.2 Å². The van der Waals surface area contributed by atoms with E-state index < -0.39 is 5.97 Å². The predicted molar refractivity (Wildman–Crippen MR) is 64.7 cm³/mol. The zero-order chi connectivity index (χ0) is 13.1. The van der Waals surface area contributed by atoms with Crippen molar-refractivity contribution >= 4 is 11.9 Å². The summed E-state index contributed by atoms with van der Waals surface area (Å²) in [5, 5.41) is 11.1. The van der Waals surface area contributed by atoms with Gasteiger partial charge in [0.15, 0.2) is 0 Å². The van der Waals surface area contributed by atoms with E-state index in [9.17, 15) is 9.59 Å². The average Bonchev–Trinajstić information content (AvgIpc) is 2.23. The molecule has 0 atom stereocenters. The number of amides is 1. The molecule has 0 bridgehead atoms. The first-order valence-corrected chi connectivity index (χ1v) is 5.73. The molecule has 0 rings (SSSR count). The number of hydrogen-bond donors (Lipinski definition) is 2. The number of carbonyl (C=O) groups excluding carboxylic acids is 1. The van der Waals surface area contributed by atoms with Crippen LogP contribution in [0.2, 0.25) is 0 Å². The fourth-order valence-corrected chi connectivity index (χ4v) is 1.16. The summed E-state index contributed by atoms with van der Waals surface area (Å²) in [4.78, 5) is 21.5. The Labute approximate surface area is 102 Å². The van der Waals surface area contributed by atoms with Gasteiger partial charge in [-0.2, -0.15) is 0 Å². The molecule has 0 fully saturated rings. The largest absolute Gasteiger partial charge is 0.481 e. The van der Waals surface area contributed by atoms with Gasteiger partial charge in [-0.1, -0.05) is 12.2 Å². The molecule has 17 heavy (non-hydrogen) atoms. The molecular weight excluding hydrogens is 222 g/mol. The van der Waals surface area contributed by atoms with E-state index in [4.69, 9.17) is 9.84 Å². The standard InChI is InChI=1S/C12H21NO4/c1-10(2)9-17-8-7-13-11(14)5-3-4-6-12(15)16/h1,3-9H2,2H3,(H,13,14)(H,15,16). The lowest BCUT2D eigenvalue weighted by molar-refractivity contribution is -0.137. The van der Waals surface area contributed by atoms with Crippen LogP contribution in [0.15, 0.2) is 12.2 Å². The monoisotopic (exact) mass is 243 g/mol. The van der Waals surface area contributed by atoms with Crippen molar-refractivity contribution in [2.24, 2.45) is 0 Å². The van der Waals surface area contributed by atoms with Crippen molar-refractivity contribution in [2.75, 3.05) is 19.8 Å². The smallest absolute Gasteiger partial charge is 0.303 e. The number of aliphatic carboxylic acids is 1. The molecule has 0 unspecified atom stereocenters. The normalized spacial score (nSPS) is 9.94. The molecule has 0 aliphatic rings. The Bertz CT molecular complexity index is 263. The minimum Gasteiger partial charge on any atom is -0.481 e. The van der Waals surface area contributed by atoms with Gasteiger partial charge in [-0.25, -0.2) is 0 Å². The molecule has 0 saturated carbocycles. The summed E-state index contributed by atoms with van der Waals surface area (Å²) in [7, 11) is 0. The second-order valence-corrected chi connectivity index (χ2v) is 3.96. The van der Waals surface area contributed by atoms with Crippen molar-refractivity contribution in [3.8, 4) is 0 Å². The van der Waals surface area contributed by atoms with Crippen molar-refractivity contribution in [1.82, 2.24) is 5.32 Å². The number of nitrogens with one attached hydrogen (secondary N) is 1. The van der Waals surface area contributed by atoms with E-state index in [2.05, 4.69) is 11.9 Å². The van der Waals surface area contributed by atoms with Crippen LogP contribution in [0.5, 0.6) is 0 Å². The third-order valence-corrected chi connectivity index (χ3v) is 1.96. The van der Waals surface area contributed by atoms with Crippen molar-refractivity contribution < 1.29 is 19.4 Å². The van der Waals surface area contributed by atoms with Crippen LogP contribution in [-0.4, -0.2) is 36.7 Å². The molecule has 0 saturated heterocycles. The van der Waals surface area contributed by atoms with Crippen LogP contribution in [0, 0.1) is 0 Å². The zero-order valence-electron chi connectivity index (χ0n) is 10.3. The van der Waals surface area contributed by atoms with Crippen LogP contribution >= 0.6 is 0 Å². The number of ether oxygens (including phenoxy) is 1. The van der Waals surface area contributed by atoms with Gasteiger partial charge in [-0.15, -0.1) is 0 Å². The second kappa shape index (κ2) is 9.84. The first kappa shape index (κ1) is 15.6. The van der Waals surface area contributed by atoms with Crippen LogP contribution in [0.4, 0.5) is 0 Å². The Morgan fingerprint density at radius 2 is 1.94 bits per heavy atom. The van der Waals surface area contributed by atoms with Gasteiger partial charge in [0.1, 0.15) is 0 Å². The van der Waals surface area contributed by atoms with E-state index in [1.165, 1.54) is 0 Å². The predicted octanol–water partition coefficient (Wildman–Crippen LogP) is 1.34. The van der Waals surface area contributed by atoms with Gasteiger partial charge >= 0.3 is 5.97 Å². The van der Waals surface area contributed by atoms with E-state index in [0.717, 1.165) is 5.57 Å². The molecule has 98 valence electrons. The van der Waals surface area contributed by atoms with E-state index >= 15 is 0 Å². The first-order valence-electron chi connectivity index (χ1n) is 5.73. The molecule has 0 aromatic carbocycles. The molecule has 5 heteroatoms. The van der Waals surface area contributed by atoms with E-state index in [0.29, 0.717) is 39.0 Å². The Morgan fingerprint density at radius 1 is 1.29 bits per heavy atom. The molecule has 0 spiro atoms. The van der Waals surface area contributed by atoms with Crippen LogP contribution in [0.3, 0.4) is 0 Å². The highest BCUT2D eigenvalue weighted by molar-refractivity contribution is 5.75. The van der Waals surface area contributed by atoms with E-state index in [1.807, 2.05) is 6.92 Å². The SMILES string of the molecule is C=C(C)COCCNC(=O)CCCCC(=O)O. The lowest BCUT2D eigenvalue weighted by atomic mass is 10.2. The molecule has 0 aromatic heterocycles. The topological polar surface area (TPSA) is 75.6 Å². The number of unbranched alkanes of at least 4 members (excludes halogenated alkanes) is 1. The lowest BCUT2D eigenvalue weighted by Crippen LogP contribution is -2.27. The van der Waals surface area contributed by atoms with E-state index in [-0.39, 0.29) is 12.3 Å². The Balaban J connectivity index is 3.29. The average molecular weight is 243 g/mol. The summed E-state index contributed by atoms with van der Waals surface area (Å²) in [5.74, 6) is -0.882. The Kier molecular flexibility index (Phi) is 9.05. The fraction of sp³-hybridized carbons (Fsp3) is 0.667. The zero-order valence-corrected chi connectivity index (χ0v) is 10.3. The molecule has 2 N–H and O–H groups in total. The highest BCUT2D eigenvalue weighted by atomic mass is 16.5. The Hall–Kier alpha value is -1.36. The molecule has 0 heterocycles. The summed E-state index contributed by atoms with van der Waals surface area (Å²) in [5.41, 5.74) is 0.949. The third kappa shape index (κ3) is 12.6. The molecule has 0 aliphatic carbocycles. The van der Waals surface area contributed by atoms with Gasteiger partial charge < -0.3 is 15.2 Å². The van der Waals surface area contributed by atoms with Gasteiger partial charge in [0.25, 0.3) is 0 Å². The number of carboxylic acids is 1. The van der Waals surface area contributed by atoms with Crippen LogP contribution in [-0.2, 0) is 14.3 Å². The highest BCUT2D eigenvalue weighted by Gasteiger charge is 2.02. The maximum Gasteiger partial charge on any atom is 0.303 e. The number of carbonyl (C=O) groups is 2. The minimum atomic E-state index is -0.821. The molecular formula is C12H21NO4. The highest BCUT2D eigenvalue weighted by Crippen LogP contribution is 1.99. The fourth-order valence-electron chi connectivity index (χ4n) is 1.16. The molecule has 0 radical (unpaired) electrons. The maximum atomic E-state index is 11.3. The van der Waals surface area contributed by atoms with Crippen molar-refractivity contribution in [3.05, 3.63) is 12.2 Å². The van der Waals surface area contributed by atoms with Crippen LogP contribution in [0.1, 0.15) is 32.6 Å². The first-order chi connectivity index (χ1) is 8.02. The summed E-state index contributed by atoms with van der Waals surface area (Å²) in [6, 6.07) is 0.